The van der Waals surface area contributed by atoms with Gasteiger partial charge in [0.25, 0.3) is 0 Å². The highest BCUT2D eigenvalue weighted by Gasteiger charge is 2.39. The Bertz CT molecular complexity index is 1300. The molecular formula is C28H30ClF3N4O2. The van der Waals surface area contributed by atoms with Crippen LogP contribution in [0.4, 0.5) is 18.9 Å². The second-order valence-electron chi connectivity index (χ2n) is 9.89. The molecule has 2 saturated heterocycles. The molecular weight excluding hydrogens is 517 g/mol. The third kappa shape index (κ3) is 5.01. The van der Waals surface area contributed by atoms with Crippen molar-refractivity contribution in [2.24, 2.45) is 4.99 Å². The Morgan fingerprint density at radius 3 is 2.34 bits per heavy atom. The lowest BCUT2D eigenvalue weighted by Crippen LogP contribution is -2.43. The number of carboxylic acids is 1. The minimum atomic E-state index is -1.18. The van der Waals surface area contributed by atoms with Gasteiger partial charge in [-0.2, -0.15) is 0 Å². The van der Waals surface area contributed by atoms with Gasteiger partial charge in [0.05, 0.1) is 16.8 Å². The first kappa shape index (κ1) is 26.6. The first-order valence-electron chi connectivity index (χ1n) is 13.0. The zero-order valence-corrected chi connectivity index (χ0v) is 21.9. The van der Waals surface area contributed by atoms with Crippen molar-refractivity contribution >= 4 is 29.1 Å². The number of benzene rings is 2. The fraction of sp³-hybridized carbons (Fsp3) is 0.429. The van der Waals surface area contributed by atoms with E-state index in [9.17, 15) is 18.7 Å². The molecule has 0 aromatic heterocycles. The molecule has 1 unspecified atom stereocenters. The SMILES string of the molecule is CCN1C(c2c(F)cc(F)cc2N2CCCC2)=NC(c2ccc(F)cc2Cl)C(C(=O)O)=C1CN1CCCC1. The van der Waals surface area contributed by atoms with Gasteiger partial charge in [-0.1, -0.05) is 17.7 Å². The highest BCUT2D eigenvalue weighted by atomic mass is 35.5. The molecule has 2 aromatic rings. The molecule has 0 saturated carbocycles. The Balaban J connectivity index is 1.75. The molecule has 6 nitrogen and oxygen atoms in total. The molecule has 3 heterocycles. The number of amidine groups is 1. The summed E-state index contributed by atoms with van der Waals surface area (Å²) in [6, 6.07) is 4.79. The van der Waals surface area contributed by atoms with Crippen LogP contribution in [0.3, 0.4) is 0 Å². The summed E-state index contributed by atoms with van der Waals surface area (Å²) >= 11 is 6.42. The lowest BCUT2D eigenvalue weighted by Gasteiger charge is -2.38. The van der Waals surface area contributed by atoms with Gasteiger partial charge in [-0.25, -0.2) is 18.0 Å². The van der Waals surface area contributed by atoms with Crippen LogP contribution >= 0.6 is 11.6 Å². The zero-order valence-electron chi connectivity index (χ0n) is 21.2. The minimum Gasteiger partial charge on any atom is -0.478 e. The molecule has 1 N–H and O–H groups in total. The normalized spacial score (nSPS) is 20.4. The molecule has 0 aliphatic carbocycles. The Morgan fingerprint density at radius 2 is 1.71 bits per heavy atom. The van der Waals surface area contributed by atoms with E-state index in [2.05, 4.69) is 4.90 Å². The smallest absolute Gasteiger partial charge is 0.335 e. The summed E-state index contributed by atoms with van der Waals surface area (Å²) in [6.07, 6.45) is 3.81. The van der Waals surface area contributed by atoms with E-state index in [0.29, 0.717) is 43.1 Å². The average molecular weight is 547 g/mol. The maximum absolute atomic E-state index is 15.7. The molecule has 0 bridgehead atoms. The van der Waals surface area contributed by atoms with Crippen molar-refractivity contribution in [3.63, 3.8) is 0 Å². The fourth-order valence-electron chi connectivity index (χ4n) is 5.73. The Labute approximate surface area is 225 Å². The summed E-state index contributed by atoms with van der Waals surface area (Å²) in [4.78, 5) is 23.4. The van der Waals surface area contributed by atoms with Gasteiger partial charge in [0.2, 0.25) is 0 Å². The molecule has 38 heavy (non-hydrogen) atoms. The van der Waals surface area contributed by atoms with Gasteiger partial charge in [-0.3, -0.25) is 9.89 Å². The van der Waals surface area contributed by atoms with Gasteiger partial charge in [0, 0.05) is 48.5 Å². The second kappa shape index (κ2) is 11.0. The molecule has 1 atom stereocenters. The molecule has 0 amide bonds. The van der Waals surface area contributed by atoms with Gasteiger partial charge in [0.1, 0.15) is 29.3 Å². The molecule has 3 aliphatic rings. The number of carbonyl (C=O) groups is 1. The number of hydrogen-bond donors (Lipinski definition) is 1. The van der Waals surface area contributed by atoms with Crippen LogP contribution < -0.4 is 4.90 Å². The predicted octanol–water partition coefficient (Wildman–Crippen LogP) is 5.62. The van der Waals surface area contributed by atoms with E-state index in [-0.39, 0.29) is 22.0 Å². The van der Waals surface area contributed by atoms with E-state index in [1.807, 2.05) is 11.8 Å². The maximum atomic E-state index is 15.7. The van der Waals surface area contributed by atoms with Crippen LogP contribution in [-0.2, 0) is 4.79 Å². The van der Waals surface area contributed by atoms with E-state index in [1.165, 1.54) is 18.2 Å². The summed E-state index contributed by atoms with van der Waals surface area (Å²) in [5.74, 6) is -2.98. The summed E-state index contributed by atoms with van der Waals surface area (Å²) in [5.41, 5.74) is 1.32. The average Bonchev–Trinajstić information content (AvgIpc) is 3.58. The number of nitrogens with zero attached hydrogens (tertiary/aromatic N) is 4. The molecule has 10 heteroatoms. The second-order valence-corrected chi connectivity index (χ2v) is 10.3. The fourth-order valence-corrected chi connectivity index (χ4v) is 6.00. The van der Waals surface area contributed by atoms with Crippen molar-refractivity contribution in [1.82, 2.24) is 9.80 Å². The first-order chi connectivity index (χ1) is 18.3. The Morgan fingerprint density at radius 1 is 1.03 bits per heavy atom. The van der Waals surface area contributed by atoms with Crippen molar-refractivity contribution < 1.29 is 23.1 Å². The maximum Gasteiger partial charge on any atom is 0.335 e. The molecule has 3 aliphatic heterocycles. The summed E-state index contributed by atoms with van der Waals surface area (Å²) in [7, 11) is 0. The van der Waals surface area contributed by atoms with E-state index >= 15 is 4.39 Å². The van der Waals surface area contributed by atoms with Crippen molar-refractivity contribution in [2.45, 2.75) is 38.6 Å². The van der Waals surface area contributed by atoms with Crippen LogP contribution in [0.1, 0.15) is 49.8 Å². The van der Waals surface area contributed by atoms with E-state index in [1.54, 1.807) is 4.90 Å². The first-order valence-corrected chi connectivity index (χ1v) is 13.4. The lowest BCUT2D eigenvalue weighted by molar-refractivity contribution is -0.133. The third-order valence-corrected chi connectivity index (χ3v) is 7.82. The van der Waals surface area contributed by atoms with Crippen LogP contribution in [0.2, 0.25) is 5.02 Å². The summed E-state index contributed by atoms with van der Waals surface area (Å²) in [5, 5.41) is 10.5. The zero-order chi connectivity index (χ0) is 27.0. The number of likely N-dealkylation sites (N-methyl/N-ethyl adjacent to an activating group) is 1. The van der Waals surface area contributed by atoms with Crippen LogP contribution in [0.5, 0.6) is 0 Å². The standard InChI is InChI=1S/C28H30ClF3N4O2/c1-2-36-23(16-34-9-3-4-10-34)25(28(37)38)26(19-8-7-17(30)13-20(19)29)33-27(36)24-21(32)14-18(31)15-22(24)35-11-5-6-12-35/h7-8,13-15,26H,2-6,9-12,16H2,1H3,(H,37,38). The topological polar surface area (TPSA) is 59.4 Å². The summed E-state index contributed by atoms with van der Waals surface area (Å²) < 4.78 is 44.1. The monoisotopic (exact) mass is 546 g/mol. The van der Waals surface area contributed by atoms with Crippen molar-refractivity contribution in [1.29, 1.82) is 0 Å². The molecule has 202 valence electrons. The van der Waals surface area contributed by atoms with Crippen molar-refractivity contribution in [3.8, 4) is 0 Å². The van der Waals surface area contributed by atoms with Gasteiger partial charge < -0.3 is 14.9 Å². The number of aliphatic imine (C=N–C) groups is 1. The van der Waals surface area contributed by atoms with Crippen LogP contribution in [0.25, 0.3) is 0 Å². The largest absolute Gasteiger partial charge is 0.478 e. The molecule has 2 fully saturated rings. The highest BCUT2D eigenvalue weighted by Crippen LogP contribution is 2.41. The Kier molecular flexibility index (Phi) is 7.68. The number of anilines is 1. The van der Waals surface area contributed by atoms with Gasteiger partial charge >= 0.3 is 5.97 Å². The van der Waals surface area contributed by atoms with Gasteiger partial charge in [-0.05, 0) is 63.9 Å². The lowest BCUT2D eigenvalue weighted by atomic mass is 9.93. The molecule has 0 spiro atoms. The van der Waals surface area contributed by atoms with Crippen LogP contribution in [0, 0.1) is 17.5 Å². The number of hydrogen-bond acceptors (Lipinski definition) is 5. The van der Waals surface area contributed by atoms with Crippen molar-refractivity contribution in [2.75, 3.05) is 44.2 Å². The summed E-state index contributed by atoms with van der Waals surface area (Å²) in [6.45, 7) is 5.42. The number of carboxylic acid groups (broad SMARTS) is 1. The van der Waals surface area contributed by atoms with E-state index in [4.69, 9.17) is 16.6 Å². The number of rotatable bonds is 7. The predicted molar refractivity (Wildman–Crippen MR) is 141 cm³/mol. The quantitative estimate of drug-likeness (QED) is 0.489. The van der Waals surface area contributed by atoms with Crippen LogP contribution in [0.15, 0.2) is 46.6 Å². The van der Waals surface area contributed by atoms with Gasteiger partial charge in [-0.15, -0.1) is 0 Å². The van der Waals surface area contributed by atoms with Crippen molar-refractivity contribution in [3.05, 3.63) is 75.2 Å². The van der Waals surface area contributed by atoms with E-state index < -0.39 is 29.5 Å². The van der Waals surface area contributed by atoms with Crippen LogP contribution in [-0.4, -0.2) is 66.0 Å². The highest BCUT2D eigenvalue weighted by molar-refractivity contribution is 6.31. The number of likely N-dealkylation sites (tertiary alicyclic amines) is 1. The molecule has 2 aromatic carbocycles. The minimum absolute atomic E-state index is 0.0150. The van der Waals surface area contributed by atoms with Gasteiger partial charge in [0.15, 0.2) is 0 Å². The third-order valence-electron chi connectivity index (χ3n) is 7.50. The number of halogens is 4. The van der Waals surface area contributed by atoms with E-state index in [0.717, 1.165) is 50.9 Å². The Hall–Kier alpha value is -3.04. The number of aliphatic carboxylic acids is 1. The molecule has 0 radical (unpaired) electrons. The molecule has 5 rings (SSSR count).